The largest absolute Gasteiger partial charge is 0.490 e. The smallest absolute Gasteiger partial charge is 0.475 e. The number of aliphatic carboxylic acids is 2. The predicted molar refractivity (Wildman–Crippen MR) is 120 cm³/mol. The minimum absolute atomic E-state index is 0.849. The van der Waals surface area contributed by atoms with E-state index in [1.54, 1.807) is 0 Å². The Morgan fingerprint density at radius 2 is 1.49 bits per heavy atom. The molecule has 3 N–H and O–H groups in total. The molecule has 2 aromatic heterocycles. The number of carbonyl (C=O) groups is 2. The van der Waals surface area contributed by atoms with Gasteiger partial charge in [-0.25, -0.2) is 19.6 Å². The van der Waals surface area contributed by atoms with Gasteiger partial charge in [0.25, 0.3) is 0 Å². The number of anilines is 1. The predicted octanol–water partition coefficient (Wildman–Crippen LogP) is 3.94. The van der Waals surface area contributed by atoms with Crippen LogP contribution in [0.1, 0.15) is 12.0 Å². The molecule has 3 aromatic rings. The molecule has 0 radical (unpaired) electrons. The highest BCUT2D eigenvalue weighted by Gasteiger charge is 2.38. The zero-order valence-corrected chi connectivity index (χ0v) is 19.1. The highest BCUT2D eigenvalue weighted by atomic mass is 19.4. The quantitative estimate of drug-likeness (QED) is 0.431. The lowest BCUT2D eigenvalue weighted by Crippen LogP contribution is -2.31. The number of aromatic amines is 1. The first kappa shape index (κ1) is 29.4. The number of benzene rings is 1. The molecule has 1 aliphatic heterocycles. The van der Waals surface area contributed by atoms with Crippen molar-refractivity contribution in [3.8, 4) is 0 Å². The third kappa shape index (κ3) is 9.95. The number of carboxylic acids is 2. The molecule has 1 fully saturated rings. The molecule has 0 amide bonds. The summed E-state index contributed by atoms with van der Waals surface area (Å²) in [5, 5.41) is 15.5. The molecule has 1 aromatic carbocycles. The van der Waals surface area contributed by atoms with Gasteiger partial charge in [0.05, 0.1) is 0 Å². The van der Waals surface area contributed by atoms with E-state index in [0.29, 0.717) is 0 Å². The van der Waals surface area contributed by atoms with Crippen molar-refractivity contribution in [1.82, 2.24) is 19.9 Å². The van der Waals surface area contributed by atoms with Crippen LogP contribution in [0, 0.1) is 0 Å². The zero-order valence-electron chi connectivity index (χ0n) is 19.1. The molecule has 0 aliphatic carbocycles. The summed E-state index contributed by atoms with van der Waals surface area (Å²) in [6, 6.07) is 10.7. The van der Waals surface area contributed by atoms with Gasteiger partial charge in [-0.2, -0.15) is 26.3 Å². The van der Waals surface area contributed by atoms with Crippen LogP contribution in [0.15, 0.2) is 48.9 Å². The van der Waals surface area contributed by atoms with Crippen molar-refractivity contribution in [2.75, 3.05) is 31.1 Å². The van der Waals surface area contributed by atoms with Crippen LogP contribution in [0.3, 0.4) is 0 Å². The molecule has 4 rings (SSSR count). The van der Waals surface area contributed by atoms with E-state index in [-0.39, 0.29) is 0 Å². The number of nitrogens with zero attached hydrogens (tertiary/aromatic N) is 4. The molecule has 3 heterocycles. The molecule has 15 heteroatoms. The lowest BCUT2D eigenvalue weighted by molar-refractivity contribution is -0.193. The summed E-state index contributed by atoms with van der Waals surface area (Å²) < 4.78 is 63.5. The maximum atomic E-state index is 10.6. The van der Waals surface area contributed by atoms with E-state index in [9.17, 15) is 26.3 Å². The van der Waals surface area contributed by atoms with Crippen LogP contribution in [0.2, 0.25) is 0 Å². The first-order valence-corrected chi connectivity index (χ1v) is 10.7. The van der Waals surface area contributed by atoms with Gasteiger partial charge in [0.2, 0.25) is 5.95 Å². The average Bonchev–Trinajstić information content (AvgIpc) is 3.16. The summed E-state index contributed by atoms with van der Waals surface area (Å²) in [4.78, 5) is 34.6. The van der Waals surface area contributed by atoms with Gasteiger partial charge in [-0.1, -0.05) is 12.1 Å². The Balaban J connectivity index is 0.000000286. The number of nitrogens with one attached hydrogen (secondary N) is 1. The van der Waals surface area contributed by atoms with Gasteiger partial charge >= 0.3 is 24.3 Å². The van der Waals surface area contributed by atoms with Crippen LogP contribution in [0.25, 0.3) is 10.9 Å². The Bertz CT molecular complexity index is 1130. The van der Waals surface area contributed by atoms with Gasteiger partial charge in [-0.05, 0) is 35.6 Å². The number of hydrogen-bond acceptors (Lipinski definition) is 6. The molecule has 0 atom stereocenters. The molecule has 0 spiro atoms. The molecule has 0 unspecified atom stereocenters. The summed E-state index contributed by atoms with van der Waals surface area (Å²) in [5.41, 5.74) is 2.58. The lowest BCUT2D eigenvalue weighted by Gasteiger charge is -2.21. The van der Waals surface area contributed by atoms with Gasteiger partial charge in [-0.15, -0.1) is 0 Å². The molecule has 1 saturated heterocycles. The van der Waals surface area contributed by atoms with Crippen LogP contribution in [0.4, 0.5) is 32.3 Å². The third-order valence-corrected chi connectivity index (χ3v) is 4.93. The van der Waals surface area contributed by atoms with E-state index in [1.807, 2.05) is 24.7 Å². The number of halogens is 6. The maximum Gasteiger partial charge on any atom is 0.490 e. The second-order valence-corrected chi connectivity index (χ2v) is 7.67. The number of H-pyrrole nitrogens is 1. The molecular formula is C22H23F6N5O4. The minimum atomic E-state index is -5.08. The van der Waals surface area contributed by atoms with E-state index >= 15 is 0 Å². The monoisotopic (exact) mass is 535 g/mol. The number of fused-ring (bicyclic) bond motifs is 1. The second-order valence-electron chi connectivity index (χ2n) is 7.67. The van der Waals surface area contributed by atoms with Crippen molar-refractivity contribution in [2.45, 2.75) is 25.3 Å². The normalized spacial score (nSPS) is 14.6. The van der Waals surface area contributed by atoms with Crippen LogP contribution < -0.4 is 4.90 Å². The number of hydrogen-bond donors (Lipinski definition) is 3. The van der Waals surface area contributed by atoms with Gasteiger partial charge < -0.3 is 20.1 Å². The summed E-state index contributed by atoms with van der Waals surface area (Å²) in [7, 11) is 0. The van der Waals surface area contributed by atoms with Crippen molar-refractivity contribution >= 4 is 28.8 Å². The van der Waals surface area contributed by atoms with Crippen molar-refractivity contribution in [1.29, 1.82) is 0 Å². The summed E-state index contributed by atoms with van der Waals surface area (Å²) >= 11 is 0. The maximum absolute atomic E-state index is 10.6. The highest BCUT2D eigenvalue weighted by molar-refractivity contribution is 5.79. The average molecular weight is 535 g/mol. The first-order chi connectivity index (χ1) is 17.3. The fraction of sp³-hybridized carbons (Fsp3) is 0.364. The van der Waals surface area contributed by atoms with Gasteiger partial charge in [0, 0.05) is 56.8 Å². The molecule has 202 valence electrons. The zero-order chi connectivity index (χ0) is 27.6. The fourth-order valence-electron chi connectivity index (χ4n) is 3.24. The number of alkyl halides is 6. The van der Waals surface area contributed by atoms with Gasteiger partial charge in [-0.3, -0.25) is 4.90 Å². The molecule has 1 aliphatic rings. The Hall–Kier alpha value is -3.88. The lowest BCUT2D eigenvalue weighted by atomic mass is 10.1. The van der Waals surface area contributed by atoms with Crippen molar-refractivity contribution in [3.63, 3.8) is 0 Å². The van der Waals surface area contributed by atoms with E-state index in [4.69, 9.17) is 19.8 Å². The molecule has 0 bridgehead atoms. The van der Waals surface area contributed by atoms with Gasteiger partial charge in [0.15, 0.2) is 0 Å². The Labute approximate surface area is 206 Å². The molecule has 37 heavy (non-hydrogen) atoms. The number of aromatic nitrogens is 3. The second kappa shape index (κ2) is 12.9. The summed E-state index contributed by atoms with van der Waals surface area (Å²) in [6.07, 6.45) is -3.39. The van der Waals surface area contributed by atoms with E-state index < -0.39 is 24.3 Å². The van der Waals surface area contributed by atoms with E-state index in [0.717, 1.165) is 45.1 Å². The summed E-state index contributed by atoms with van der Waals surface area (Å²) in [5.74, 6) is -4.66. The Kier molecular flexibility index (Phi) is 10.2. The molecule has 9 nitrogen and oxygen atoms in total. The highest BCUT2D eigenvalue weighted by Crippen LogP contribution is 2.17. The topological polar surface area (TPSA) is 123 Å². The van der Waals surface area contributed by atoms with Crippen LogP contribution in [-0.2, 0) is 16.1 Å². The summed E-state index contributed by atoms with van der Waals surface area (Å²) in [6.45, 7) is 5.16. The van der Waals surface area contributed by atoms with Crippen molar-refractivity contribution < 1.29 is 46.1 Å². The van der Waals surface area contributed by atoms with E-state index in [2.05, 4.69) is 49.0 Å². The third-order valence-electron chi connectivity index (χ3n) is 4.93. The van der Waals surface area contributed by atoms with Gasteiger partial charge in [0.1, 0.15) is 0 Å². The van der Waals surface area contributed by atoms with Crippen LogP contribution in [-0.4, -0.2) is 80.5 Å². The van der Waals surface area contributed by atoms with Crippen LogP contribution in [0.5, 0.6) is 0 Å². The van der Waals surface area contributed by atoms with Crippen LogP contribution >= 0.6 is 0 Å². The number of rotatable bonds is 3. The van der Waals surface area contributed by atoms with Crippen molar-refractivity contribution in [2.24, 2.45) is 0 Å². The number of carboxylic acid groups (broad SMARTS) is 2. The SMILES string of the molecule is O=C(O)C(F)(F)F.O=C(O)C(F)(F)F.c1cnc(N2CCCN(Cc3ccc4cc[nH]c4c3)CC2)nc1. The van der Waals surface area contributed by atoms with Crippen molar-refractivity contribution in [3.05, 3.63) is 54.5 Å². The van der Waals surface area contributed by atoms with E-state index in [1.165, 1.54) is 16.5 Å². The minimum Gasteiger partial charge on any atom is -0.475 e. The Morgan fingerprint density at radius 3 is 2.05 bits per heavy atom. The molecule has 0 saturated carbocycles. The fourth-order valence-corrected chi connectivity index (χ4v) is 3.24. The standard InChI is InChI=1S/C18H21N5.2C2HF3O2/c1-6-20-18(21-7-1)23-10-2-9-22(11-12-23)14-15-3-4-16-5-8-19-17(16)13-15;2*3-2(4,5)1(6)7/h1,3-8,13,19H,2,9-12,14H2;2*(H,6,7). The first-order valence-electron chi connectivity index (χ1n) is 10.7. The Morgan fingerprint density at radius 1 is 0.892 bits per heavy atom. The molecular weight excluding hydrogens is 512 g/mol.